The van der Waals surface area contributed by atoms with Crippen LogP contribution in [0.15, 0.2) is 41.3 Å². The number of benzene rings is 2. The van der Waals surface area contributed by atoms with Gasteiger partial charge in [0.25, 0.3) is 5.91 Å². The summed E-state index contributed by atoms with van der Waals surface area (Å²) in [6, 6.07) is 9.26. The van der Waals surface area contributed by atoms with Gasteiger partial charge < -0.3 is 15.0 Å². The molecule has 0 spiro atoms. The Hall–Kier alpha value is -2.56. The van der Waals surface area contributed by atoms with Crippen LogP contribution in [0.2, 0.25) is 0 Å². The van der Waals surface area contributed by atoms with E-state index in [4.69, 9.17) is 4.74 Å². The first-order valence-corrected chi connectivity index (χ1v) is 13.3. The van der Waals surface area contributed by atoms with E-state index >= 15 is 0 Å². The quantitative estimate of drug-likeness (QED) is 0.620. The standard InChI is InChI=1S/C23H27N3O5S2/c1-14-4-6-18(10-15(14)2)24-22(27)19-12-32-13-26(19)23(28)16-5-9-20(31-3)21(11-16)33(29,30)25-17-7-8-17/h4-6,9-11,17,19,25H,7-8,12-13H2,1-3H3,(H,24,27). The summed E-state index contributed by atoms with van der Waals surface area (Å²) >= 11 is 1.48. The van der Waals surface area contributed by atoms with Crippen LogP contribution in [0.4, 0.5) is 5.69 Å². The molecule has 10 heteroatoms. The molecule has 2 fully saturated rings. The van der Waals surface area contributed by atoms with Crippen LogP contribution in [0.25, 0.3) is 0 Å². The molecule has 2 aromatic rings. The second-order valence-corrected chi connectivity index (χ2v) is 11.0. The normalized spacial score (nSPS) is 18.3. The average molecular weight is 490 g/mol. The summed E-state index contributed by atoms with van der Waals surface area (Å²) in [5.74, 6) is 0.310. The summed E-state index contributed by atoms with van der Waals surface area (Å²) in [7, 11) is -2.44. The van der Waals surface area contributed by atoms with Crippen molar-refractivity contribution in [2.45, 2.75) is 43.7 Å². The number of nitrogens with one attached hydrogen (secondary N) is 2. The van der Waals surface area contributed by atoms with E-state index in [1.807, 2.05) is 32.0 Å². The van der Waals surface area contributed by atoms with E-state index in [2.05, 4.69) is 10.0 Å². The smallest absolute Gasteiger partial charge is 0.255 e. The molecular weight excluding hydrogens is 462 g/mol. The third-order valence-corrected chi connectivity index (χ3v) is 8.37. The number of anilines is 1. The second-order valence-electron chi connectivity index (χ2n) is 8.34. The maximum atomic E-state index is 13.3. The zero-order valence-corrected chi connectivity index (χ0v) is 20.4. The van der Waals surface area contributed by atoms with Crippen LogP contribution in [0.3, 0.4) is 0 Å². The molecule has 1 aliphatic carbocycles. The van der Waals surface area contributed by atoms with Crippen LogP contribution in [0.1, 0.15) is 34.3 Å². The minimum absolute atomic E-state index is 0.0764. The van der Waals surface area contributed by atoms with Crippen molar-refractivity contribution in [2.24, 2.45) is 0 Å². The molecule has 176 valence electrons. The lowest BCUT2D eigenvalue weighted by Gasteiger charge is -2.24. The number of nitrogens with zero attached hydrogens (tertiary/aromatic N) is 1. The van der Waals surface area contributed by atoms with Crippen LogP contribution in [0, 0.1) is 13.8 Å². The second kappa shape index (κ2) is 9.36. The fourth-order valence-corrected chi connectivity index (χ4v) is 6.23. The minimum atomic E-state index is -3.83. The fourth-order valence-electron chi connectivity index (χ4n) is 3.57. The monoisotopic (exact) mass is 489 g/mol. The lowest BCUT2D eigenvalue weighted by atomic mass is 10.1. The van der Waals surface area contributed by atoms with Gasteiger partial charge in [0.2, 0.25) is 15.9 Å². The number of aryl methyl sites for hydroxylation is 2. The highest BCUT2D eigenvalue weighted by Crippen LogP contribution is 2.30. The van der Waals surface area contributed by atoms with Crippen LogP contribution in [-0.2, 0) is 14.8 Å². The highest BCUT2D eigenvalue weighted by atomic mass is 32.2. The zero-order chi connectivity index (χ0) is 23.8. The Bertz CT molecular complexity index is 1190. The van der Waals surface area contributed by atoms with Crippen molar-refractivity contribution in [2.75, 3.05) is 24.1 Å². The molecule has 4 rings (SSSR count). The van der Waals surface area contributed by atoms with E-state index in [0.717, 1.165) is 24.0 Å². The SMILES string of the molecule is COc1ccc(C(=O)N2CSCC2C(=O)Nc2ccc(C)c(C)c2)cc1S(=O)(=O)NC1CC1. The molecule has 1 unspecified atom stereocenters. The van der Waals surface area contributed by atoms with Gasteiger partial charge >= 0.3 is 0 Å². The first kappa shape index (κ1) is 23.6. The third-order valence-electron chi connectivity index (χ3n) is 5.82. The number of carbonyl (C=O) groups is 2. The number of carbonyl (C=O) groups excluding carboxylic acids is 2. The molecule has 2 aliphatic rings. The number of sulfonamides is 1. The first-order chi connectivity index (χ1) is 15.7. The number of rotatable bonds is 7. The topological polar surface area (TPSA) is 105 Å². The summed E-state index contributed by atoms with van der Waals surface area (Å²) < 4.78 is 33.4. The Morgan fingerprint density at radius 3 is 2.52 bits per heavy atom. The zero-order valence-electron chi connectivity index (χ0n) is 18.8. The van der Waals surface area contributed by atoms with E-state index in [0.29, 0.717) is 17.3 Å². The Kier molecular flexibility index (Phi) is 6.69. The largest absolute Gasteiger partial charge is 0.495 e. The summed E-state index contributed by atoms with van der Waals surface area (Å²) in [4.78, 5) is 27.7. The van der Waals surface area contributed by atoms with E-state index in [-0.39, 0.29) is 28.2 Å². The van der Waals surface area contributed by atoms with Gasteiger partial charge in [-0.15, -0.1) is 11.8 Å². The molecule has 2 N–H and O–H groups in total. The van der Waals surface area contributed by atoms with Crippen LogP contribution >= 0.6 is 11.8 Å². The molecule has 1 aliphatic heterocycles. The molecule has 2 aromatic carbocycles. The molecule has 8 nitrogen and oxygen atoms in total. The minimum Gasteiger partial charge on any atom is -0.495 e. The summed E-state index contributed by atoms with van der Waals surface area (Å²) in [6.45, 7) is 3.97. The molecule has 1 saturated heterocycles. The van der Waals surface area contributed by atoms with Crippen molar-refractivity contribution in [1.82, 2.24) is 9.62 Å². The first-order valence-electron chi connectivity index (χ1n) is 10.7. The fraction of sp³-hybridized carbons (Fsp3) is 0.391. The molecule has 0 radical (unpaired) electrons. The van der Waals surface area contributed by atoms with Gasteiger partial charge in [-0.1, -0.05) is 6.07 Å². The molecule has 2 amide bonds. The maximum Gasteiger partial charge on any atom is 0.255 e. The van der Waals surface area contributed by atoms with Crippen LogP contribution in [0.5, 0.6) is 5.75 Å². The summed E-state index contributed by atoms with van der Waals surface area (Å²) in [5, 5.41) is 2.90. The Labute approximate surface area is 198 Å². The lowest BCUT2D eigenvalue weighted by molar-refractivity contribution is -0.119. The number of ether oxygens (including phenoxy) is 1. The van der Waals surface area contributed by atoms with Gasteiger partial charge in [0.05, 0.1) is 13.0 Å². The van der Waals surface area contributed by atoms with E-state index in [1.165, 1.54) is 42.0 Å². The Balaban J connectivity index is 1.55. The molecule has 1 atom stereocenters. The van der Waals surface area contributed by atoms with Crippen molar-refractivity contribution in [1.29, 1.82) is 0 Å². The van der Waals surface area contributed by atoms with Gasteiger partial charge in [-0.2, -0.15) is 0 Å². The lowest BCUT2D eigenvalue weighted by Crippen LogP contribution is -2.44. The van der Waals surface area contributed by atoms with E-state index in [9.17, 15) is 18.0 Å². The number of thioether (sulfide) groups is 1. The molecule has 33 heavy (non-hydrogen) atoms. The van der Waals surface area contributed by atoms with Crippen molar-refractivity contribution in [3.8, 4) is 5.75 Å². The molecule has 0 bridgehead atoms. The summed E-state index contributed by atoms with van der Waals surface area (Å²) in [6.07, 6.45) is 1.59. The molecular formula is C23H27N3O5S2. The molecule has 0 aromatic heterocycles. The number of hydrogen-bond donors (Lipinski definition) is 2. The van der Waals surface area contributed by atoms with Crippen molar-refractivity contribution in [3.63, 3.8) is 0 Å². The highest BCUT2D eigenvalue weighted by Gasteiger charge is 2.36. The van der Waals surface area contributed by atoms with Gasteiger partial charge in [-0.3, -0.25) is 9.59 Å². The van der Waals surface area contributed by atoms with Gasteiger partial charge in [0, 0.05) is 23.0 Å². The predicted molar refractivity (Wildman–Crippen MR) is 128 cm³/mol. The van der Waals surface area contributed by atoms with Crippen LogP contribution in [-0.4, -0.2) is 56.0 Å². The van der Waals surface area contributed by atoms with Crippen molar-refractivity contribution < 1.29 is 22.7 Å². The number of amides is 2. The van der Waals surface area contributed by atoms with Gasteiger partial charge in [0.15, 0.2) is 0 Å². The highest BCUT2D eigenvalue weighted by molar-refractivity contribution is 7.99. The van der Waals surface area contributed by atoms with Gasteiger partial charge in [-0.25, -0.2) is 13.1 Å². The van der Waals surface area contributed by atoms with Crippen LogP contribution < -0.4 is 14.8 Å². The number of methoxy groups -OCH3 is 1. The predicted octanol–water partition coefficient (Wildman–Crippen LogP) is 2.91. The van der Waals surface area contributed by atoms with Crippen molar-refractivity contribution >= 4 is 39.3 Å². The van der Waals surface area contributed by atoms with E-state index < -0.39 is 22.0 Å². The van der Waals surface area contributed by atoms with Crippen molar-refractivity contribution in [3.05, 3.63) is 53.1 Å². The molecule has 1 saturated carbocycles. The average Bonchev–Trinajstić information content (AvgIpc) is 3.45. The number of hydrogen-bond acceptors (Lipinski definition) is 6. The molecule has 1 heterocycles. The Morgan fingerprint density at radius 1 is 1.09 bits per heavy atom. The van der Waals surface area contributed by atoms with Gasteiger partial charge in [0.1, 0.15) is 16.7 Å². The maximum absolute atomic E-state index is 13.3. The third kappa shape index (κ3) is 5.18. The summed E-state index contributed by atoms with van der Waals surface area (Å²) in [5.41, 5.74) is 3.06. The Morgan fingerprint density at radius 2 is 1.85 bits per heavy atom. The van der Waals surface area contributed by atoms with Gasteiger partial charge in [-0.05, 0) is 68.1 Å². The van der Waals surface area contributed by atoms with E-state index in [1.54, 1.807) is 0 Å².